The Morgan fingerprint density at radius 2 is 0.525 bits per heavy atom. The summed E-state index contributed by atoms with van der Waals surface area (Å²) in [5, 5.41) is 3.89. The van der Waals surface area contributed by atoms with E-state index in [9.17, 15) is 0 Å². The average Bonchev–Trinajstić information content (AvgIpc) is 3.90. The minimum absolute atomic E-state index is 1.37. The van der Waals surface area contributed by atoms with E-state index in [4.69, 9.17) is 0 Å². The van der Waals surface area contributed by atoms with Crippen LogP contribution in [0.2, 0.25) is 41.7 Å². The van der Waals surface area contributed by atoms with Gasteiger partial charge in [-0.25, -0.2) is 0 Å². The Morgan fingerprint density at radius 1 is 0.322 bits per heavy atom. The van der Waals surface area contributed by atoms with Crippen molar-refractivity contribution in [2.24, 2.45) is 0 Å². The van der Waals surface area contributed by atoms with Crippen LogP contribution in [0, 0.1) is 0 Å². The van der Waals surface area contributed by atoms with Gasteiger partial charge in [0.05, 0.1) is 0 Å². The molecule has 1 aliphatic heterocycles. The summed E-state index contributed by atoms with van der Waals surface area (Å²) in [5.41, 5.74) is 0. The monoisotopic (exact) mass is 1080 g/mol. The molecule has 3 rings (SSSR count). The van der Waals surface area contributed by atoms with Crippen LogP contribution in [0.4, 0.5) is 0 Å². The molecule has 59 heavy (non-hydrogen) atoms. The van der Waals surface area contributed by atoms with Gasteiger partial charge in [0.2, 0.25) is 0 Å². The molecule has 0 nitrogen and oxygen atoms in total. The Bertz CT molecular complexity index is 1210. The van der Waals surface area contributed by atoms with Crippen molar-refractivity contribution in [1.82, 2.24) is 0 Å². The summed E-state index contributed by atoms with van der Waals surface area (Å²) in [4.78, 5) is 19.6. The first-order valence-corrected chi connectivity index (χ1v) is 50.9. The van der Waals surface area contributed by atoms with E-state index >= 15 is 0 Å². The Labute approximate surface area is 388 Å². The number of thiophene rings is 2. The fraction of sp³-hybridized carbons (Fsp3) is 0.852. The normalized spacial score (nSPS) is 13.8. The zero-order valence-electron chi connectivity index (χ0n) is 41.3. The molecule has 2 aromatic rings. The molecule has 3 heterocycles. The molecule has 0 atom stereocenters. The van der Waals surface area contributed by atoms with Crippen molar-refractivity contribution in [1.29, 1.82) is 0 Å². The fourth-order valence-corrected chi connectivity index (χ4v) is 30.7. The van der Waals surface area contributed by atoms with Gasteiger partial charge in [-0.3, -0.25) is 0 Å². The first-order chi connectivity index (χ1) is 28.5. The van der Waals surface area contributed by atoms with Gasteiger partial charge in [-0.1, -0.05) is 155 Å². The van der Waals surface area contributed by atoms with Crippen molar-refractivity contribution in [2.75, 3.05) is 0 Å². The van der Waals surface area contributed by atoms with Crippen molar-refractivity contribution in [3.05, 3.63) is 12.1 Å². The minimum atomic E-state index is -2.15. The summed E-state index contributed by atoms with van der Waals surface area (Å²) in [6.45, 7) is 4.64. The van der Waals surface area contributed by atoms with E-state index in [0.717, 1.165) is 0 Å². The third kappa shape index (κ3) is 21.4. The molecule has 0 saturated carbocycles. The number of hydrogen-bond donors (Lipinski definition) is 0. The van der Waals surface area contributed by atoms with Crippen LogP contribution in [0.15, 0.2) is 12.1 Å². The average molecular weight is 1080 g/mol. The number of unbranched alkanes of at least 4 members (excludes halogenated alkanes) is 34. The van der Waals surface area contributed by atoms with Gasteiger partial charge in [0.25, 0.3) is 0 Å². The van der Waals surface area contributed by atoms with E-state index < -0.39 is 44.8 Å². The van der Waals surface area contributed by atoms with Crippen LogP contribution in [-0.4, -0.2) is 44.8 Å². The Kier molecular flexibility index (Phi) is 29.6. The van der Waals surface area contributed by atoms with Crippen molar-refractivity contribution < 1.29 is 0 Å². The Morgan fingerprint density at radius 3 is 0.729 bits per heavy atom. The second kappa shape index (κ2) is 32.0. The van der Waals surface area contributed by atoms with Gasteiger partial charge >= 0.3 is 237 Å². The predicted octanol–water partition coefficient (Wildman–Crippen LogP) is 18.5. The van der Waals surface area contributed by atoms with Crippen LogP contribution in [-0.2, 0) is 0 Å². The molecular formula is C54H102S2SiSn2. The van der Waals surface area contributed by atoms with Crippen LogP contribution in [0.5, 0.6) is 0 Å². The van der Waals surface area contributed by atoms with Crippen LogP contribution in [0.25, 0.3) is 9.75 Å². The van der Waals surface area contributed by atoms with Crippen LogP contribution < -0.4 is 16.2 Å². The van der Waals surface area contributed by atoms with Gasteiger partial charge in [0.15, 0.2) is 0 Å². The molecule has 0 aliphatic carbocycles. The van der Waals surface area contributed by atoms with Crippen molar-refractivity contribution >= 4 is 83.7 Å². The van der Waals surface area contributed by atoms with E-state index in [-0.39, 0.29) is 0 Å². The SMILES string of the molecule is CCCCCCCCCCCCCCCCCCCC[Si]1(CCCCCCCCCCCCCCCCCCCC)c2c[c]([Sn]([CH3])([CH3])[CH3])sc2-c2s[c]([Sn]([CH3])([CH3])[CH3])cc21. The van der Waals surface area contributed by atoms with E-state index in [1.165, 1.54) is 243 Å². The first-order valence-electron chi connectivity index (χ1n) is 26.8. The molecule has 342 valence electrons. The third-order valence-electron chi connectivity index (χ3n) is 14.1. The van der Waals surface area contributed by atoms with Gasteiger partial charge < -0.3 is 0 Å². The van der Waals surface area contributed by atoms with Gasteiger partial charge in [-0.05, 0) is 0 Å². The second-order valence-corrected chi connectivity index (χ2v) is 59.0. The molecule has 0 fully saturated rings. The zero-order chi connectivity index (χ0) is 42.7. The summed E-state index contributed by atoms with van der Waals surface area (Å²) in [5.74, 6) is 0. The Balaban J connectivity index is 1.41. The standard InChI is InChI=1S/C48H84S2Si.6CH3.2Sn/c1-3-5-7-9-11-13-15-17-19-21-23-25-27-29-31-33-35-37-43-51(45-39-41-49-47(45)48-46(51)40-42-50-48)44-38-36-34-32-30-28-26-24-22-20-18-16-14-12-10-8-6-4-2;;;;;;;;/h39-40H,3-38,43-44H2,1-2H3;6*1H3;;. The van der Waals surface area contributed by atoms with Crippen molar-refractivity contribution in [3.8, 4) is 9.75 Å². The maximum absolute atomic E-state index is 2.87. The molecule has 0 aromatic carbocycles. The molecule has 0 bridgehead atoms. The summed E-state index contributed by atoms with van der Waals surface area (Å²) in [6, 6.07) is 8.82. The molecule has 2 aromatic heterocycles. The molecule has 0 amide bonds. The summed E-state index contributed by atoms with van der Waals surface area (Å²) < 4.78 is 3.72. The van der Waals surface area contributed by atoms with Crippen molar-refractivity contribution in [2.45, 2.75) is 287 Å². The zero-order valence-corrected chi connectivity index (χ0v) is 49.7. The van der Waals surface area contributed by atoms with Gasteiger partial charge in [0, 0.05) is 0 Å². The maximum atomic E-state index is 2.87. The van der Waals surface area contributed by atoms with Crippen LogP contribution in [0.1, 0.15) is 245 Å². The number of rotatable bonds is 40. The van der Waals surface area contributed by atoms with Gasteiger partial charge in [-0.2, -0.15) is 0 Å². The third-order valence-corrected chi connectivity index (χ3v) is 41.0. The van der Waals surface area contributed by atoms with Crippen molar-refractivity contribution in [3.63, 3.8) is 0 Å². The molecule has 0 saturated heterocycles. The van der Waals surface area contributed by atoms with E-state index in [2.05, 4.69) is 78.3 Å². The molecule has 0 radical (unpaired) electrons. The van der Waals surface area contributed by atoms with Gasteiger partial charge in [0.1, 0.15) is 0 Å². The topological polar surface area (TPSA) is 0 Å². The second-order valence-electron chi connectivity index (χ2n) is 21.8. The van der Waals surface area contributed by atoms with E-state index in [1.54, 1.807) is 9.75 Å². The van der Waals surface area contributed by atoms with Gasteiger partial charge in [-0.15, -0.1) is 0 Å². The first kappa shape index (κ1) is 54.5. The molecular weight excluding hydrogens is 978 g/mol. The van der Waals surface area contributed by atoms with E-state index in [0.29, 0.717) is 0 Å². The van der Waals surface area contributed by atoms with Crippen LogP contribution >= 0.6 is 22.7 Å². The molecule has 0 unspecified atom stereocenters. The van der Waals surface area contributed by atoms with Crippen LogP contribution in [0.3, 0.4) is 0 Å². The quantitative estimate of drug-likeness (QED) is 0.0461. The summed E-state index contributed by atoms with van der Waals surface area (Å²) in [6.07, 6.45) is 53.0. The summed E-state index contributed by atoms with van der Waals surface area (Å²) in [7, 11) is -1.72. The number of hydrogen-bond acceptors (Lipinski definition) is 2. The predicted molar refractivity (Wildman–Crippen MR) is 286 cm³/mol. The Hall–Kier alpha value is 1.21. The number of fused-ring (bicyclic) bond motifs is 3. The molecule has 5 heteroatoms. The summed E-state index contributed by atoms with van der Waals surface area (Å²) >= 11 is 0.277. The van der Waals surface area contributed by atoms with E-state index in [1.807, 2.05) is 16.2 Å². The molecule has 1 aliphatic rings. The fourth-order valence-electron chi connectivity index (χ4n) is 10.0. The molecule has 0 N–H and O–H groups in total. The molecule has 0 spiro atoms.